The van der Waals surface area contributed by atoms with Crippen molar-refractivity contribution in [3.8, 4) is 11.3 Å². The highest BCUT2D eigenvalue weighted by molar-refractivity contribution is 6.00. The second-order valence-corrected chi connectivity index (χ2v) is 5.20. The molecule has 2 heterocycles. The van der Waals surface area contributed by atoms with Crippen molar-refractivity contribution in [3.63, 3.8) is 0 Å². The summed E-state index contributed by atoms with van der Waals surface area (Å²) in [7, 11) is 0. The van der Waals surface area contributed by atoms with E-state index >= 15 is 0 Å². The fourth-order valence-corrected chi connectivity index (χ4v) is 2.79. The van der Waals surface area contributed by atoms with E-state index in [1.165, 1.54) is 17.2 Å². The zero-order valence-corrected chi connectivity index (χ0v) is 11.7. The van der Waals surface area contributed by atoms with Crippen LogP contribution in [-0.4, -0.2) is 40.3 Å². The number of alkyl halides is 1. The van der Waals surface area contributed by atoms with E-state index < -0.39 is 30.3 Å². The summed E-state index contributed by atoms with van der Waals surface area (Å²) in [5.74, 6) is -2.05. The number of rotatable bonds is 3. The van der Waals surface area contributed by atoms with Crippen LogP contribution >= 0.6 is 0 Å². The molecule has 3 rings (SSSR count). The number of nitrogens with zero attached hydrogens (tertiary/aromatic N) is 2. The molecule has 116 valence electrons. The Kier molecular flexibility index (Phi) is 3.87. The Morgan fingerprint density at radius 3 is 2.77 bits per heavy atom. The molecule has 4 nitrogen and oxygen atoms in total. The molecule has 0 saturated carbocycles. The van der Waals surface area contributed by atoms with Crippen LogP contribution in [0.25, 0.3) is 11.3 Å². The van der Waals surface area contributed by atoms with E-state index in [0.717, 1.165) is 12.1 Å². The van der Waals surface area contributed by atoms with E-state index in [1.807, 2.05) is 0 Å². The number of hydrogen-bond acceptors (Lipinski definition) is 2. The molecular weight excluding hydrogens is 295 g/mol. The maximum Gasteiger partial charge on any atom is 0.258 e. The van der Waals surface area contributed by atoms with Gasteiger partial charge in [-0.2, -0.15) is 5.10 Å². The highest BCUT2D eigenvalue weighted by Gasteiger charge is 2.32. The minimum Gasteiger partial charge on any atom is -0.333 e. The summed E-state index contributed by atoms with van der Waals surface area (Å²) in [5.41, 5.74) is -0.311. The molecule has 1 N–H and O–H groups in total. The molecule has 1 unspecified atom stereocenters. The van der Waals surface area contributed by atoms with Crippen molar-refractivity contribution in [1.82, 2.24) is 15.1 Å². The number of likely N-dealkylation sites (tertiary alicyclic amines) is 1. The molecule has 1 aliphatic heterocycles. The van der Waals surface area contributed by atoms with Gasteiger partial charge in [0.15, 0.2) is 0 Å². The number of hydrogen-bond donors (Lipinski definition) is 1. The number of aromatic nitrogens is 2. The van der Waals surface area contributed by atoms with Gasteiger partial charge in [-0.25, -0.2) is 13.2 Å². The van der Waals surface area contributed by atoms with Gasteiger partial charge in [0.25, 0.3) is 5.91 Å². The molecule has 7 heteroatoms. The lowest BCUT2D eigenvalue weighted by Crippen LogP contribution is -2.36. The van der Waals surface area contributed by atoms with Crippen LogP contribution in [0.15, 0.2) is 24.4 Å². The molecule has 1 saturated heterocycles. The monoisotopic (exact) mass is 309 g/mol. The molecule has 0 bridgehead atoms. The Balaban J connectivity index is 2.01. The largest absolute Gasteiger partial charge is 0.333 e. The van der Waals surface area contributed by atoms with Crippen LogP contribution in [0, 0.1) is 11.6 Å². The quantitative estimate of drug-likeness (QED) is 0.947. The van der Waals surface area contributed by atoms with Crippen molar-refractivity contribution in [2.45, 2.75) is 18.9 Å². The Morgan fingerprint density at radius 1 is 1.36 bits per heavy atom. The Hall–Kier alpha value is -2.31. The van der Waals surface area contributed by atoms with Crippen LogP contribution in [0.4, 0.5) is 13.2 Å². The second kappa shape index (κ2) is 5.82. The topological polar surface area (TPSA) is 49.0 Å². The molecule has 1 atom stereocenters. The third-order valence-electron chi connectivity index (χ3n) is 3.90. The first kappa shape index (κ1) is 14.6. The molecule has 0 aliphatic carbocycles. The van der Waals surface area contributed by atoms with Gasteiger partial charge in [-0.05, 0) is 25.0 Å². The molecular formula is C15H14F3N3O. The first-order chi connectivity index (χ1) is 10.6. The molecule has 22 heavy (non-hydrogen) atoms. The lowest BCUT2D eigenvalue weighted by Gasteiger charge is -2.22. The van der Waals surface area contributed by atoms with Crippen molar-refractivity contribution in [2.75, 3.05) is 13.2 Å². The van der Waals surface area contributed by atoms with Crippen molar-refractivity contribution in [3.05, 3.63) is 41.6 Å². The van der Waals surface area contributed by atoms with Crippen LogP contribution < -0.4 is 0 Å². The van der Waals surface area contributed by atoms with Crippen LogP contribution in [0.5, 0.6) is 0 Å². The third kappa shape index (κ3) is 2.36. The van der Waals surface area contributed by atoms with Crippen molar-refractivity contribution >= 4 is 5.91 Å². The van der Waals surface area contributed by atoms with Gasteiger partial charge in [0.1, 0.15) is 18.3 Å². The Labute approximate surface area is 124 Å². The number of halogens is 3. The fraction of sp³-hybridized carbons (Fsp3) is 0.333. The lowest BCUT2D eigenvalue weighted by molar-refractivity contribution is 0.0717. The molecule has 0 spiro atoms. The number of aromatic amines is 1. The summed E-state index contributed by atoms with van der Waals surface area (Å²) in [6.45, 7) is -0.204. The van der Waals surface area contributed by atoms with Gasteiger partial charge in [0.05, 0.1) is 29.1 Å². The maximum atomic E-state index is 13.9. The lowest BCUT2D eigenvalue weighted by atomic mass is 10.1. The van der Waals surface area contributed by atoms with Gasteiger partial charge in [0.2, 0.25) is 0 Å². The number of carbonyl (C=O) groups is 1. The summed E-state index contributed by atoms with van der Waals surface area (Å²) < 4.78 is 40.8. The van der Waals surface area contributed by atoms with Crippen LogP contribution in [0.1, 0.15) is 23.2 Å². The van der Waals surface area contributed by atoms with E-state index in [2.05, 4.69) is 10.2 Å². The third-order valence-corrected chi connectivity index (χ3v) is 3.90. The zero-order chi connectivity index (χ0) is 15.7. The van der Waals surface area contributed by atoms with E-state index in [4.69, 9.17) is 0 Å². The zero-order valence-electron chi connectivity index (χ0n) is 11.7. The molecule has 2 aromatic rings. The Morgan fingerprint density at radius 2 is 2.09 bits per heavy atom. The van der Waals surface area contributed by atoms with Crippen LogP contribution in [-0.2, 0) is 0 Å². The molecule has 0 radical (unpaired) electrons. The van der Waals surface area contributed by atoms with Crippen molar-refractivity contribution < 1.29 is 18.0 Å². The average Bonchev–Trinajstić information content (AvgIpc) is 3.15. The van der Waals surface area contributed by atoms with Gasteiger partial charge in [-0.15, -0.1) is 0 Å². The van der Waals surface area contributed by atoms with Gasteiger partial charge < -0.3 is 4.90 Å². The summed E-state index contributed by atoms with van der Waals surface area (Å²) in [6, 6.07) is 2.97. The molecule has 1 aromatic carbocycles. The molecule has 1 fully saturated rings. The first-order valence-electron chi connectivity index (χ1n) is 6.98. The van der Waals surface area contributed by atoms with Crippen molar-refractivity contribution in [2.24, 2.45) is 0 Å². The average molecular weight is 309 g/mol. The number of carbonyl (C=O) groups excluding carboxylic acids is 1. The number of H-pyrrole nitrogens is 1. The SMILES string of the molecule is O=C(c1cn[nH]c1-c1c(F)cccc1F)N1CCCC1CF. The first-order valence-corrected chi connectivity index (χ1v) is 6.98. The fourth-order valence-electron chi connectivity index (χ4n) is 2.79. The minimum atomic E-state index is -0.790. The maximum absolute atomic E-state index is 13.9. The normalized spacial score (nSPS) is 18.0. The van der Waals surface area contributed by atoms with Crippen molar-refractivity contribution in [1.29, 1.82) is 0 Å². The number of amides is 1. The molecule has 1 aromatic heterocycles. The predicted molar refractivity (Wildman–Crippen MR) is 74.0 cm³/mol. The van der Waals surface area contributed by atoms with Gasteiger partial charge in [-0.1, -0.05) is 6.07 Å². The van der Waals surface area contributed by atoms with E-state index in [0.29, 0.717) is 19.4 Å². The highest BCUT2D eigenvalue weighted by Crippen LogP contribution is 2.29. The minimum absolute atomic E-state index is 0.0230. The molecule has 1 amide bonds. The van der Waals surface area contributed by atoms with E-state index in [-0.39, 0.29) is 16.8 Å². The summed E-state index contributed by atoms with van der Waals surface area (Å²) in [6.07, 6.45) is 2.52. The standard InChI is InChI=1S/C15H14F3N3O/c16-7-9-3-2-6-21(9)15(22)10-8-19-20-14(10)13-11(17)4-1-5-12(13)18/h1,4-5,8-9H,2-3,6-7H2,(H,19,20). The second-order valence-electron chi connectivity index (χ2n) is 5.20. The summed E-state index contributed by atoms with van der Waals surface area (Å²) in [4.78, 5) is 13.9. The smallest absolute Gasteiger partial charge is 0.258 e. The van der Waals surface area contributed by atoms with Crippen LogP contribution in [0.3, 0.4) is 0 Å². The van der Waals surface area contributed by atoms with Crippen LogP contribution in [0.2, 0.25) is 0 Å². The van der Waals surface area contributed by atoms with Gasteiger partial charge in [0, 0.05) is 6.54 Å². The summed E-state index contributed by atoms with van der Waals surface area (Å²) in [5, 5.41) is 6.19. The number of nitrogens with one attached hydrogen (secondary N) is 1. The highest BCUT2D eigenvalue weighted by atomic mass is 19.1. The Bertz CT molecular complexity index is 681. The number of benzene rings is 1. The van der Waals surface area contributed by atoms with E-state index in [9.17, 15) is 18.0 Å². The van der Waals surface area contributed by atoms with Gasteiger partial charge >= 0.3 is 0 Å². The predicted octanol–water partition coefficient (Wildman–Crippen LogP) is 2.93. The van der Waals surface area contributed by atoms with Gasteiger partial charge in [-0.3, -0.25) is 9.89 Å². The summed E-state index contributed by atoms with van der Waals surface area (Å²) >= 11 is 0. The van der Waals surface area contributed by atoms with E-state index in [1.54, 1.807) is 0 Å². The molecule has 1 aliphatic rings.